The first kappa shape index (κ1) is 59.2. The SMILES string of the molecule is Cc1c(-c2ccc(N3CCc4cccc(C(=O)Nc5nc6ccccc6s5)c4C3)nc2C(=O)O)cnn1CC12CC3(C)CC(C)(C1)CC(OCCN(C)C(=O)OCc1ccc(NC(=O)C(CCCNC(N)=O)NC(=O)C(N)C(C)C)cc1)(C3)C2. The van der Waals surface area contributed by atoms with Crippen molar-refractivity contribution in [2.45, 2.75) is 130 Å². The summed E-state index contributed by atoms with van der Waals surface area (Å²) in [5.41, 5.74) is 17.2. The van der Waals surface area contributed by atoms with Crippen molar-refractivity contribution in [2.24, 2.45) is 33.6 Å². The van der Waals surface area contributed by atoms with Gasteiger partial charge in [-0.3, -0.25) is 24.4 Å². The number of nitrogens with two attached hydrogens (primary N) is 2. The Bertz CT molecular complexity index is 3440. The molecule has 4 heterocycles. The van der Waals surface area contributed by atoms with Crippen molar-refractivity contribution in [1.29, 1.82) is 0 Å². The number of hydrogen-bond donors (Lipinski definition) is 7. The Labute approximate surface area is 492 Å². The zero-order valence-corrected chi connectivity index (χ0v) is 49.4. The van der Waals surface area contributed by atoms with E-state index < -0.39 is 47.6 Å². The number of thiazole rings is 1. The number of nitrogens with one attached hydrogen (secondary N) is 4. The monoisotopic (exact) mass is 1160 g/mol. The van der Waals surface area contributed by atoms with Crippen LogP contribution in [0.5, 0.6) is 0 Å². The van der Waals surface area contributed by atoms with E-state index in [0.717, 1.165) is 65.6 Å². The zero-order valence-electron chi connectivity index (χ0n) is 48.6. The normalized spacial score (nSPS) is 22.0. The Morgan fingerprint density at radius 1 is 0.869 bits per heavy atom. The number of ether oxygens (including phenoxy) is 2. The quantitative estimate of drug-likeness (QED) is 0.0313. The first-order valence-corrected chi connectivity index (χ1v) is 29.6. The summed E-state index contributed by atoms with van der Waals surface area (Å²) in [7, 11) is 1.69. The summed E-state index contributed by atoms with van der Waals surface area (Å²) < 4.78 is 15.7. The fourth-order valence-electron chi connectivity index (χ4n) is 14.4. The number of rotatable bonds is 22. The topological polar surface area (TPSA) is 291 Å². The Morgan fingerprint density at radius 3 is 2.33 bits per heavy atom. The number of benzene rings is 3. The van der Waals surface area contributed by atoms with E-state index in [0.29, 0.717) is 84.5 Å². The van der Waals surface area contributed by atoms with Gasteiger partial charge in [0.25, 0.3) is 5.91 Å². The minimum atomic E-state index is -1.14. The van der Waals surface area contributed by atoms with Crippen molar-refractivity contribution in [1.82, 2.24) is 35.3 Å². The Kier molecular flexibility index (Phi) is 16.9. The lowest BCUT2D eigenvalue weighted by molar-refractivity contribution is -0.248. The third-order valence-corrected chi connectivity index (χ3v) is 18.3. The highest BCUT2D eigenvalue weighted by Gasteiger charge is 2.66. The molecule has 0 spiro atoms. The van der Waals surface area contributed by atoms with E-state index >= 15 is 0 Å². The number of urea groups is 1. The molecule has 3 aromatic carbocycles. The van der Waals surface area contributed by atoms with Crippen LogP contribution in [0.1, 0.15) is 122 Å². The van der Waals surface area contributed by atoms with Gasteiger partial charge in [0.2, 0.25) is 11.8 Å². The summed E-state index contributed by atoms with van der Waals surface area (Å²) in [6.07, 6.45) is 8.33. The second kappa shape index (κ2) is 24.0. The number of likely N-dealkylation sites (N-methyl/N-ethyl adjacent to an activating group) is 1. The van der Waals surface area contributed by atoms with Gasteiger partial charge < -0.3 is 51.8 Å². The average molecular weight is 1170 g/mol. The minimum Gasteiger partial charge on any atom is -0.476 e. The molecule has 22 heteroatoms. The first-order valence-electron chi connectivity index (χ1n) is 28.8. The summed E-state index contributed by atoms with van der Waals surface area (Å²) in [4.78, 5) is 90.4. The van der Waals surface area contributed by atoms with Crippen molar-refractivity contribution in [3.63, 3.8) is 0 Å². The number of primary amides is 1. The van der Waals surface area contributed by atoms with Gasteiger partial charge in [-0.05, 0) is 146 Å². The highest BCUT2D eigenvalue weighted by molar-refractivity contribution is 7.22. The third kappa shape index (κ3) is 13.0. The van der Waals surface area contributed by atoms with Gasteiger partial charge in [-0.25, -0.2) is 24.4 Å². The fourth-order valence-corrected chi connectivity index (χ4v) is 15.3. The molecule has 444 valence electrons. The highest BCUT2D eigenvalue weighted by atomic mass is 32.1. The first-order chi connectivity index (χ1) is 40.0. The standard InChI is InChI=1S/C62H76N12O9S/c1-37(2)50(63)54(77)68-47(14-10-23-65-56(64)80)53(76)67-41-18-16-39(17-19-41)29-82-58(81)72(6)25-26-83-62-33-59(4)30-60(5,34-62)32-61(31-59,35-62)36-74-38(3)44(27-66-74)42-20-21-49(70-51(42)55(78)79)73-24-22-40-11-9-12-43(45(40)28-73)52(75)71-57-69-46-13-7-8-15-48(46)84-57/h7-9,11-13,15-21,27,37,47,50H,10,14,22-26,28-36,63H2,1-6H3,(H,67,76)(H,68,77)(H,78,79)(H3,64,65,80)(H,69,71,75). The van der Waals surface area contributed by atoms with Gasteiger partial charge in [0.1, 0.15) is 18.5 Å². The maximum Gasteiger partial charge on any atom is 0.409 e. The van der Waals surface area contributed by atoms with Crippen LogP contribution in [0.3, 0.4) is 0 Å². The Balaban J connectivity index is 0.747. The molecular weight excluding hydrogens is 1090 g/mol. The van der Waals surface area contributed by atoms with Crippen molar-refractivity contribution < 1.29 is 43.3 Å². The Hall–Kier alpha value is -7.95. The van der Waals surface area contributed by atoms with E-state index in [-0.39, 0.29) is 53.3 Å². The smallest absolute Gasteiger partial charge is 0.409 e. The predicted molar refractivity (Wildman–Crippen MR) is 320 cm³/mol. The highest BCUT2D eigenvalue weighted by Crippen LogP contribution is 2.72. The number of aromatic carboxylic acids is 1. The lowest BCUT2D eigenvalue weighted by Crippen LogP contribution is -2.64. The molecule has 0 radical (unpaired) electrons. The van der Waals surface area contributed by atoms with E-state index in [9.17, 15) is 33.9 Å². The van der Waals surface area contributed by atoms with Crippen molar-refractivity contribution in [3.8, 4) is 11.1 Å². The second-order valence-electron chi connectivity index (χ2n) is 24.9. The number of anilines is 3. The molecule has 4 aliphatic carbocycles. The average Bonchev–Trinajstić information content (AvgIpc) is 0.957. The minimum absolute atomic E-state index is 0.000825. The van der Waals surface area contributed by atoms with Gasteiger partial charge in [-0.1, -0.05) is 75.4 Å². The van der Waals surface area contributed by atoms with Crippen LogP contribution in [-0.2, 0) is 45.2 Å². The maximum absolute atomic E-state index is 13.8. The number of hydrogen-bond acceptors (Lipinski definition) is 14. The zero-order chi connectivity index (χ0) is 59.7. The van der Waals surface area contributed by atoms with Crippen molar-refractivity contribution in [3.05, 3.63) is 119 Å². The molecule has 4 saturated carbocycles. The van der Waals surface area contributed by atoms with E-state index in [1.807, 2.05) is 85.0 Å². The van der Waals surface area contributed by atoms with Gasteiger partial charge in [0, 0.05) is 67.8 Å². The molecule has 6 amide bonds. The predicted octanol–water partition coefficient (Wildman–Crippen LogP) is 8.64. The molecule has 1 aliphatic heterocycles. The molecule has 5 aliphatic rings. The molecule has 21 nitrogen and oxygen atoms in total. The van der Waals surface area contributed by atoms with Crippen LogP contribution in [0.4, 0.5) is 26.2 Å². The molecule has 6 aromatic rings. The van der Waals surface area contributed by atoms with Crippen molar-refractivity contribution >= 4 is 74.0 Å². The number of pyridine rings is 1. The van der Waals surface area contributed by atoms with Gasteiger partial charge >= 0.3 is 18.1 Å². The fraction of sp³-hybridized carbons (Fsp3) is 0.468. The van der Waals surface area contributed by atoms with E-state index in [4.69, 9.17) is 31.0 Å². The van der Waals surface area contributed by atoms with Crippen LogP contribution in [0.25, 0.3) is 21.3 Å². The van der Waals surface area contributed by atoms with Crippen LogP contribution in [0, 0.1) is 29.1 Å². The number of carboxylic acid groups (broad SMARTS) is 1. The molecule has 4 bridgehead atoms. The van der Waals surface area contributed by atoms with E-state index in [1.54, 1.807) is 37.5 Å². The van der Waals surface area contributed by atoms with Gasteiger partial charge in [-0.15, -0.1) is 0 Å². The molecular formula is C62H76N12O9S. The maximum atomic E-state index is 13.8. The Morgan fingerprint density at radius 2 is 1.62 bits per heavy atom. The third-order valence-electron chi connectivity index (χ3n) is 17.3. The number of carbonyl (C=O) groups excluding carboxylic acids is 5. The molecule has 0 saturated heterocycles. The molecule has 9 N–H and O–H groups in total. The largest absolute Gasteiger partial charge is 0.476 e. The number of nitrogens with zero attached hydrogens (tertiary/aromatic N) is 6. The number of carbonyl (C=O) groups is 6. The van der Waals surface area contributed by atoms with E-state index in [2.05, 4.69) is 40.1 Å². The lowest BCUT2D eigenvalue weighted by Gasteiger charge is -2.69. The number of carboxylic acids is 1. The van der Waals surface area contributed by atoms with Crippen molar-refractivity contribution in [2.75, 3.05) is 48.8 Å². The van der Waals surface area contributed by atoms with Gasteiger partial charge in [-0.2, -0.15) is 5.10 Å². The summed E-state index contributed by atoms with van der Waals surface area (Å²) >= 11 is 1.42. The van der Waals surface area contributed by atoms with Gasteiger partial charge in [0.05, 0.1) is 34.7 Å². The van der Waals surface area contributed by atoms with Crippen LogP contribution >= 0.6 is 11.3 Å². The summed E-state index contributed by atoms with van der Waals surface area (Å²) in [5.74, 6) is -1.93. The number of amides is 6. The number of aromatic nitrogens is 4. The van der Waals surface area contributed by atoms with Gasteiger partial charge in [0.15, 0.2) is 10.8 Å². The molecule has 11 rings (SSSR count). The summed E-state index contributed by atoms with van der Waals surface area (Å²) in [5, 5.41) is 27.2. The number of para-hydroxylation sites is 1. The molecule has 3 aromatic heterocycles. The van der Waals surface area contributed by atoms with Crippen LogP contribution in [0.15, 0.2) is 85.1 Å². The molecule has 4 unspecified atom stereocenters. The summed E-state index contributed by atoms with van der Waals surface area (Å²) in [6.45, 7) is 12.9. The van der Waals surface area contributed by atoms with Crippen LogP contribution in [-0.4, -0.2) is 117 Å². The van der Waals surface area contributed by atoms with Crippen LogP contribution in [0.2, 0.25) is 0 Å². The molecule has 4 atom stereocenters. The number of fused-ring (bicyclic) bond motifs is 2. The second-order valence-corrected chi connectivity index (χ2v) is 25.9. The molecule has 4 fully saturated rings. The van der Waals surface area contributed by atoms with Crippen LogP contribution < -0.4 is 37.6 Å². The van der Waals surface area contributed by atoms with E-state index in [1.165, 1.54) is 16.2 Å². The molecule has 84 heavy (non-hydrogen) atoms. The lowest BCUT2D eigenvalue weighted by atomic mass is 9.39. The summed E-state index contributed by atoms with van der Waals surface area (Å²) in [6, 6.07) is 21.6.